The number of allylic oxidation sites excluding steroid dienone is 2. The van der Waals surface area contributed by atoms with Crippen LogP contribution in [0.5, 0.6) is 0 Å². The number of ether oxygens (including phenoxy) is 1. The Hall–Kier alpha value is -4.06. The van der Waals surface area contributed by atoms with Crippen molar-refractivity contribution < 1.29 is 49.0 Å². The second-order valence-corrected chi connectivity index (χ2v) is 13.8. The maximum atomic E-state index is 15.7. The van der Waals surface area contributed by atoms with Crippen molar-refractivity contribution in [3.8, 4) is 11.1 Å². The van der Waals surface area contributed by atoms with Crippen LogP contribution in [0.25, 0.3) is 16.7 Å². The van der Waals surface area contributed by atoms with Gasteiger partial charge in [0.05, 0.1) is 23.7 Å². The van der Waals surface area contributed by atoms with Gasteiger partial charge in [-0.1, -0.05) is 88.2 Å². The number of rotatable bonds is 14. The van der Waals surface area contributed by atoms with Gasteiger partial charge in [0.2, 0.25) is 0 Å². The number of alkyl halides is 9. The van der Waals surface area contributed by atoms with E-state index in [-0.39, 0.29) is 48.3 Å². The van der Waals surface area contributed by atoms with Gasteiger partial charge in [-0.15, -0.1) is 0 Å². The molecule has 3 aromatic carbocycles. The molecule has 3 nitrogen and oxygen atoms in total. The summed E-state index contributed by atoms with van der Waals surface area (Å²) in [5, 5.41) is 0. The second-order valence-electron chi connectivity index (χ2n) is 13.8. The van der Waals surface area contributed by atoms with E-state index in [0.717, 1.165) is 23.1 Å². The molecule has 0 fully saturated rings. The standard InChI is InChI=1S/C41H44F9NO2/c1-5-7-11-18-51(38(41(48,49)50)24-33(29-12-9-8-10-13-29)23-35(25-38)40(45,46)47)26-28-20-31(30-14-16-34(17-15-30)39(42,43)44)22-32(21-28)36(19-27(3)4)37(52)53-6-2/h8-10,12-17,20-23,25,27,36H,5-7,11,18-19,24,26H2,1-4H3. The highest BCUT2D eigenvalue weighted by molar-refractivity contribution is 5.79. The molecule has 0 aliphatic heterocycles. The molecule has 0 saturated carbocycles. The lowest BCUT2D eigenvalue weighted by atomic mass is 9.78. The molecule has 53 heavy (non-hydrogen) atoms. The summed E-state index contributed by atoms with van der Waals surface area (Å²) in [5.74, 6) is -1.48. The third-order valence-electron chi connectivity index (χ3n) is 9.36. The van der Waals surface area contributed by atoms with Crippen molar-refractivity contribution in [1.82, 2.24) is 4.90 Å². The molecule has 1 aliphatic carbocycles. The van der Waals surface area contributed by atoms with Gasteiger partial charge in [-0.2, -0.15) is 39.5 Å². The molecule has 3 aromatic rings. The Kier molecular flexibility index (Phi) is 13.3. The number of carbonyl (C=O) groups is 1. The average Bonchev–Trinajstić information content (AvgIpc) is 3.09. The fraction of sp³-hybridized carbons (Fsp3) is 0.439. The summed E-state index contributed by atoms with van der Waals surface area (Å²) in [6.45, 7) is 6.59. The van der Waals surface area contributed by atoms with Crippen LogP contribution >= 0.6 is 0 Å². The first-order chi connectivity index (χ1) is 24.8. The molecule has 0 amide bonds. The van der Waals surface area contributed by atoms with Crippen molar-refractivity contribution >= 4 is 11.5 Å². The molecule has 2 unspecified atom stereocenters. The molecule has 0 N–H and O–H groups in total. The largest absolute Gasteiger partial charge is 0.466 e. The topological polar surface area (TPSA) is 29.5 Å². The number of benzene rings is 3. The quantitative estimate of drug-likeness (QED) is 0.0933. The molecule has 2 atom stereocenters. The SMILES string of the molecule is CCCCCN(Cc1cc(-c2ccc(C(F)(F)F)cc2)cc(C(CC(C)C)C(=O)OCC)c1)C1(C(F)(F)F)C=C(C(F)(F)F)C=C(c2ccccc2)C1. The molecule has 0 radical (unpaired) electrons. The van der Waals surface area contributed by atoms with Crippen LogP contribution in [0.4, 0.5) is 39.5 Å². The first-order valence-electron chi connectivity index (χ1n) is 17.6. The first-order valence-corrected chi connectivity index (χ1v) is 17.6. The van der Waals surface area contributed by atoms with Gasteiger partial charge in [-0.05, 0) is 96.0 Å². The lowest BCUT2D eigenvalue weighted by molar-refractivity contribution is -0.217. The fourth-order valence-electron chi connectivity index (χ4n) is 6.75. The van der Waals surface area contributed by atoms with Crippen LogP contribution < -0.4 is 0 Å². The zero-order valence-electron chi connectivity index (χ0n) is 30.1. The second kappa shape index (κ2) is 17.0. The Balaban J connectivity index is 1.96. The van der Waals surface area contributed by atoms with Crippen LogP contribution in [-0.2, 0) is 22.3 Å². The molecular formula is C41H44F9NO2. The molecule has 288 valence electrons. The number of carbonyl (C=O) groups excluding carboxylic acids is 1. The minimum Gasteiger partial charge on any atom is -0.466 e. The number of hydrogen-bond donors (Lipinski definition) is 0. The molecule has 0 saturated heterocycles. The monoisotopic (exact) mass is 753 g/mol. The number of hydrogen-bond acceptors (Lipinski definition) is 3. The predicted octanol–water partition coefficient (Wildman–Crippen LogP) is 12.3. The Morgan fingerprint density at radius 2 is 1.47 bits per heavy atom. The Bertz CT molecular complexity index is 1740. The van der Waals surface area contributed by atoms with E-state index < -0.39 is 60.1 Å². The van der Waals surface area contributed by atoms with Gasteiger partial charge < -0.3 is 4.74 Å². The molecular weight excluding hydrogens is 709 g/mol. The van der Waals surface area contributed by atoms with Crippen LogP contribution in [0, 0.1) is 5.92 Å². The molecule has 4 rings (SSSR count). The van der Waals surface area contributed by atoms with Crippen LogP contribution in [0.15, 0.2) is 90.5 Å². The third-order valence-corrected chi connectivity index (χ3v) is 9.36. The molecule has 1 aliphatic rings. The number of unbranched alkanes of at least 4 members (excludes halogenated alkanes) is 2. The summed E-state index contributed by atoms with van der Waals surface area (Å²) in [5.41, 5.74) is -4.05. The van der Waals surface area contributed by atoms with E-state index in [4.69, 9.17) is 4.74 Å². The minimum absolute atomic E-state index is 0.0296. The maximum absolute atomic E-state index is 15.7. The third kappa shape index (κ3) is 10.3. The number of halogens is 9. The number of esters is 1. The summed E-state index contributed by atoms with van der Waals surface area (Å²) in [6.07, 6.45) is -12.9. The van der Waals surface area contributed by atoms with Crippen LogP contribution in [0.3, 0.4) is 0 Å². The summed E-state index contributed by atoms with van der Waals surface area (Å²) in [7, 11) is 0. The summed E-state index contributed by atoms with van der Waals surface area (Å²) < 4.78 is 136. The van der Waals surface area contributed by atoms with Crippen molar-refractivity contribution in [3.05, 3.63) is 113 Å². The van der Waals surface area contributed by atoms with Crippen LogP contribution in [0.2, 0.25) is 0 Å². The smallest absolute Gasteiger partial charge is 0.416 e. The predicted molar refractivity (Wildman–Crippen MR) is 188 cm³/mol. The van der Waals surface area contributed by atoms with Crippen molar-refractivity contribution in [3.63, 3.8) is 0 Å². The van der Waals surface area contributed by atoms with Crippen LogP contribution in [0.1, 0.15) is 88.0 Å². The van der Waals surface area contributed by atoms with Crippen molar-refractivity contribution in [1.29, 1.82) is 0 Å². The lowest BCUT2D eigenvalue weighted by Gasteiger charge is -2.46. The zero-order valence-corrected chi connectivity index (χ0v) is 30.1. The normalized spacial score (nSPS) is 17.5. The van der Waals surface area contributed by atoms with E-state index in [9.17, 15) is 31.1 Å². The van der Waals surface area contributed by atoms with E-state index in [2.05, 4.69) is 0 Å². The Morgan fingerprint density at radius 3 is 2.02 bits per heavy atom. The van der Waals surface area contributed by atoms with Gasteiger partial charge in [0.25, 0.3) is 0 Å². The summed E-state index contributed by atoms with van der Waals surface area (Å²) in [4.78, 5) is 14.3. The molecule has 0 bridgehead atoms. The minimum atomic E-state index is -5.18. The average molecular weight is 754 g/mol. The highest BCUT2D eigenvalue weighted by Crippen LogP contribution is 2.50. The van der Waals surface area contributed by atoms with E-state index in [1.54, 1.807) is 37.3 Å². The van der Waals surface area contributed by atoms with E-state index in [0.29, 0.717) is 36.0 Å². The molecule has 0 spiro atoms. The molecule has 0 aromatic heterocycles. The van der Waals surface area contributed by atoms with Crippen molar-refractivity contribution in [2.75, 3.05) is 13.2 Å². The van der Waals surface area contributed by atoms with Gasteiger partial charge in [-0.25, -0.2) is 0 Å². The summed E-state index contributed by atoms with van der Waals surface area (Å²) in [6, 6.07) is 16.6. The van der Waals surface area contributed by atoms with E-state index in [1.807, 2.05) is 20.8 Å². The maximum Gasteiger partial charge on any atom is 0.416 e. The molecule has 0 heterocycles. The van der Waals surface area contributed by atoms with E-state index >= 15 is 13.2 Å². The number of nitrogens with zero attached hydrogens (tertiary/aromatic N) is 1. The highest BCUT2D eigenvalue weighted by atomic mass is 19.4. The van der Waals surface area contributed by atoms with Gasteiger partial charge in [-0.3, -0.25) is 9.69 Å². The zero-order chi connectivity index (χ0) is 39.2. The Labute approximate surface area is 304 Å². The lowest BCUT2D eigenvalue weighted by Crippen LogP contribution is -2.58. The van der Waals surface area contributed by atoms with Crippen molar-refractivity contribution in [2.45, 2.75) is 96.3 Å². The van der Waals surface area contributed by atoms with E-state index in [1.165, 1.54) is 30.3 Å². The van der Waals surface area contributed by atoms with Gasteiger partial charge >= 0.3 is 24.5 Å². The van der Waals surface area contributed by atoms with Gasteiger partial charge in [0, 0.05) is 13.0 Å². The Morgan fingerprint density at radius 1 is 0.811 bits per heavy atom. The summed E-state index contributed by atoms with van der Waals surface area (Å²) >= 11 is 0. The van der Waals surface area contributed by atoms with Crippen molar-refractivity contribution in [2.24, 2.45) is 5.92 Å². The fourth-order valence-corrected chi connectivity index (χ4v) is 6.75. The first kappa shape index (κ1) is 41.7. The highest BCUT2D eigenvalue weighted by Gasteiger charge is 2.59. The van der Waals surface area contributed by atoms with Crippen LogP contribution in [-0.4, -0.2) is 41.9 Å². The molecule has 12 heteroatoms. The van der Waals surface area contributed by atoms with Gasteiger partial charge in [0.15, 0.2) is 0 Å². The van der Waals surface area contributed by atoms with Gasteiger partial charge in [0.1, 0.15) is 5.54 Å².